The van der Waals surface area contributed by atoms with E-state index < -0.39 is 79.5 Å². The van der Waals surface area contributed by atoms with Crippen LogP contribution in [0.3, 0.4) is 0 Å². The van der Waals surface area contributed by atoms with Gasteiger partial charge in [0, 0.05) is 30.7 Å². The lowest BCUT2D eigenvalue weighted by molar-refractivity contribution is -0.333. The van der Waals surface area contributed by atoms with Crippen molar-refractivity contribution >= 4 is 23.1 Å². The molecule has 3 heterocycles. The third kappa shape index (κ3) is 5.57. The third-order valence-electron chi connectivity index (χ3n) is 6.46. The standard InChI is InChI=1S/C24H30N2O12/c1-9-5-16(29)35-13-6-11(3-4-12(9)13)34-23-17(26-10(2)28)19(31)22(15(8-27)37-23)38-24-21(33)20(32)18(30)14(7-25)36-24/h3-7,14-15,17-25,27,30-33H,8H2,1-2H3,(H,26,28)/t14-,15-,17-,18+,19-,20+,21-,22-,23-,24+/m1/s1. The second-order valence-corrected chi connectivity index (χ2v) is 9.17. The zero-order chi connectivity index (χ0) is 27.7. The Labute approximate surface area is 215 Å². The normalized spacial score (nSPS) is 35.6. The maximum atomic E-state index is 11.9. The van der Waals surface area contributed by atoms with Crippen molar-refractivity contribution in [1.29, 1.82) is 5.41 Å². The van der Waals surface area contributed by atoms with Gasteiger partial charge in [0.15, 0.2) is 6.29 Å². The fraction of sp³-hybridized carbons (Fsp3) is 0.542. The summed E-state index contributed by atoms with van der Waals surface area (Å²) in [5, 5.41) is 62.1. The quantitative estimate of drug-likeness (QED) is 0.149. The van der Waals surface area contributed by atoms with Crippen molar-refractivity contribution in [2.24, 2.45) is 0 Å². The van der Waals surface area contributed by atoms with E-state index in [4.69, 9.17) is 28.8 Å². The number of nitrogens with one attached hydrogen (secondary N) is 2. The molecule has 0 unspecified atom stereocenters. The molecule has 0 spiro atoms. The number of amides is 1. The van der Waals surface area contributed by atoms with Gasteiger partial charge >= 0.3 is 5.63 Å². The molecule has 0 saturated carbocycles. The van der Waals surface area contributed by atoms with Crippen LogP contribution in [-0.4, -0.2) is 106 Å². The fourth-order valence-electron chi connectivity index (χ4n) is 4.52. The molecule has 14 nitrogen and oxygen atoms in total. The average Bonchev–Trinajstić information content (AvgIpc) is 2.87. The van der Waals surface area contributed by atoms with E-state index in [9.17, 15) is 35.1 Å². The topological polar surface area (TPSA) is 221 Å². The summed E-state index contributed by atoms with van der Waals surface area (Å²) in [5.41, 5.74) is 0.381. The Morgan fingerprint density at radius 3 is 2.47 bits per heavy atom. The molecule has 1 aromatic carbocycles. The van der Waals surface area contributed by atoms with Crippen LogP contribution in [-0.2, 0) is 19.0 Å². The van der Waals surface area contributed by atoms with E-state index in [1.165, 1.54) is 19.1 Å². The number of hydrogen-bond donors (Lipinski definition) is 7. The van der Waals surface area contributed by atoms with Gasteiger partial charge in [-0.05, 0) is 24.6 Å². The number of rotatable bonds is 7. The maximum Gasteiger partial charge on any atom is 0.336 e. The molecule has 10 atom stereocenters. The van der Waals surface area contributed by atoms with Gasteiger partial charge in [-0.1, -0.05) is 0 Å². The molecule has 208 valence electrons. The van der Waals surface area contributed by atoms with Crippen LogP contribution in [0.1, 0.15) is 12.5 Å². The van der Waals surface area contributed by atoms with Crippen LogP contribution in [0.25, 0.3) is 11.0 Å². The lowest BCUT2D eigenvalue weighted by Gasteiger charge is -2.46. The summed E-state index contributed by atoms with van der Waals surface area (Å²) in [4.78, 5) is 23.7. The van der Waals surface area contributed by atoms with Crippen molar-refractivity contribution < 1.29 is 53.7 Å². The molecule has 4 rings (SSSR count). The summed E-state index contributed by atoms with van der Waals surface area (Å²) in [5.74, 6) is -0.379. The number of carbonyl (C=O) groups is 1. The highest BCUT2D eigenvalue weighted by atomic mass is 16.7. The lowest BCUT2D eigenvalue weighted by atomic mass is 9.95. The fourth-order valence-corrected chi connectivity index (χ4v) is 4.52. The number of carbonyl (C=O) groups excluding carboxylic acids is 1. The molecular formula is C24H30N2O12. The van der Waals surface area contributed by atoms with E-state index in [2.05, 4.69) is 5.32 Å². The van der Waals surface area contributed by atoms with E-state index in [0.29, 0.717) is 17.2 Å². The summed E-state index contributed by atoms with van der Waals surface area (Å²) >= 11 is 0. The number of aryl methyl sites for hydroxylation is 1. The number of fused-ring (bicyclic) bond motifs is 1. The zero-order valence-corrected chi connectivity index (χ0v) is 20.5. The molecule has 2 fully saturated rings. The van der Waals surface area contributed by atoms with Gasteiger partial charge in [0.2, 0.25) is 12.2 Å². The van der Waals surface area contributed by atoms with Gasteiger partial charge in [-0.2, -0.15) is 0 Å². The lowest BCUT2D eigenvalue weighted by Crippen LogP contribution is -2.68. The Bertz CT molecular complexity index is 1220. The van der Waals surface area contributed by atoms with Gasteiger partial charge in [0.1, 0.15) is 60.1 Å². The second kappa shape index (κ2) is 11.4. The van der Waals surface area contributed by atoms with Gasteiger partial charge in [0.25, 0.3) is 0 Å². The predicted octanol–water partition coefficient (Wildman–Crippen LogP) is -2.09. The molecule has 1 amide bonds. The van der Waals surface area contributed by atoms with Gasteiger partial charge in [0.05, 0.1) is 6.61 Å². The average molecular weight is 539 g/mol. The van der Waals surface area contributed by atoms with Crippen molar-refractivity contribution in [3.63, 3.8) is 0 Å². The number of aliphatic hydroxyl groups excluding tert-OH is 5. The molecule has 0 aliphatic carbocycles. The Morgan fingerprint density at radius 2 is 1.82 bits per heavy atom. The molecule has 2 aliphatic heterocycles. The number of benzene rings is 1. The highest BCUT2D eigenvalue weighted by Crippen LogP contribution is 2.31. The molecule has 14 heteroatoms. The molecule has 2 aliphatic rings. The SMILES string of the molecule is CC(=O)N[C@H]1[C@H](Oc2ccc3c(C)cc(=O)oc3c2)O[C@H](CO)[C@@H](O[C@@H]2O[C@H](C=N)[C@H](O)[C@H](O)[C@H]2O)[C@@H]1O. The minimum Gasteiger partial charge on any atom is -0.462 e. The number of hydrogen-bond acceptors (Lipinski definition) is 13. The molecule has 2 saturated heterocycles. The Hall–Kier alpha value is -2.95. The van der Waals surface area contributed by atoms with E-state index in [0.717, 1.165) is 0 Å². The first-order valence-corrected chi connectivity index (χ1v) is 11.8. The molecule has 2 aromatic rings. The molecule has 1 aromatic heterocycles. The third-order valence-corrected chi connectivity index (χ3v) is 6.46. The van der Waals surface area contributed by atoms with Crippen LogP contribution in [0.4, 0.5) is 0 Å². The minimum absolute atomic E-state index is 0.173. The molecular weight excluding hydrogens is 508 g/mol. The molecule has 38 heavy (non-hydrogen) atoms. The van der Waals surface area contributed by atoms with Crippen LogP contribution in [0.5, 0.6) is 5.75 Å². The van der Waals surface area contributed by atoms with Crippen molar-refractivity contribution in [2.75, 3.05) is 6.61 Å². The van der Waals surface area contributed by atoms with E-state index in [1.54, 1.807) is 19.1 Å². The first-order valence-electron chi connectivity index (χ1n) is 11.8. The molecule has 7 N–H and O–H groups in total. The highest BCUT2D eigenvalue weighted by Gasteiger charge is 2.51. The molecule has 0 radical (unpaired) electrons. The van der Waals surface area contributed by atoms with E-state index in [1.807, 2.05) is 0 Å². The number of ether oxygens (including phenoxy) is 4. The molecule has 0 bridgehead atoms. The van der Waals surface area contributed by atoms with Crippen molar-refractivity contribution in [2.45, 2.75) is 75.2 Å². The van der Waals surface area contributed by atoms with E-state index >= 15 is 0 Å². The smallest absolute Gasteiger partial charge is 0.336 e. The first kappa shape index (κ1) is 28.1. The van der Waals surface area contributed by atoms with Crippen molar-refractivity contribution in [3.05, 3.63) is 40.2 Å². The van der Waals surface area contributed by atoms with Crippen LogP contribution in [0, 0.1) is 12.3 Å². The summed E-state index contributed by atoms with van der Waals surface area (Å²) in [7, 11) is 0. The first-order chi connectivity index (χ1) is 18.0. The van der Waals surface area contributed by atoms with Crippen LogP contribution >= 0.6 is 0 Å². The predicted molar refractivity (Wildman–Crippen MR) is 128 cm³/mol. The summed E-state index contributed by atoms with van der Waals surface area (Å²) in [6, 6.07) is 4.77. The largest absolute Gasteiger partial charge is 0.462 e. The van der Waals surface area contributed by atoms with Gasteiger partial charge in [-0.25, -0.2) is 4.79 Å². The Kier molecular flexibility index (Phi) is 8.44. The van der Waals surface area contributed by atoms with Crippen LogP contribution < -0.4 is 15.7 Å². The summed E-state index contributed by atoms with van der Waals surface area (Å²) in [6.07, 6.45) is -12.9. The monoisotopic (exact) mass is 538 g/mol. The van der Waals surface area contributed by atoms with E-state index in [-0.39, 0.29) is 11.3 Å². The zero-order valence-electron chi connectivity index (χ0n) is 20.5. The maximum absolute atomic E-state index is 11.9. The number of aliphatic hydroxyl groups is 5. The van der Waals surface area contributed by atoms with Crippen LogP contribution in [0.15, 0.2) is 33.5 Å². The minimum atomic E-state index is -1.77. The Balaban J connectivity index is 1.59. The van der Waals surface area contributed by atoms with Crippen molar-refractivity contribution in [1.82, 2.24) is 5.32 Å². The second-order valence-electron chi connectivity index (χ2n) is 9.17. The summed E-state index contributed by atoms with van der Waals surface area (Å²) < 4.78 is 27.9. The van der Waals surface area contributed by atoms with Crippen LogP contribution in [0.2, 0.25) is 0 Å². The highest BCUT2D eigenvalue weighted by molar-refractivity contribution is 5.81. The summed E-state index contributed by atoms with van der Waals surface area (Å²) in [6.45, 7) is 2.25. The van der Waals surface area contributed by atoms with Crippen molar-refractivity contribution in [3.8, 4) is 5.75 Å². The van der Waals surface area contributed by atoms with Gasteiger partial charge < -0.3 is 59.6 Å². The Morgan fingerprint density at radius 1 is 1.08 bits per heavy atom. The van der Waals surface area contributed by atoms with Gasteiger partial charge in [-0.3, -0.25) is 4.79 Å². The van der Waals surface area contributed by atoms with Gasteiger partial charge in [-0.15, -0.1) is 0 Å².